The Labute approximate surface area is 117 Å². The van der Waals surface area contributed by atoms with Crippen molar-refractivity contribution in [1.29, 1.82) is 0 Å². The van der Waals surface area contributed by atoms with Gasteiger partial charge in [-0.15, -0.1) is 0 Å². The SMILES string of the molecule is CCC1OCCC1CNS(=O)(=O)C(C)CNC(C)C. The van der Waals surface area contributed by atoms with Crippen LogP contribution in [0.4, 0.5) is 0 Å². The van der Waals surface area contributed by atoms with Gasteiger partial charge in [0.15, 0.2) is 0 Å². The molecule has 0 aliphatic carbocycles. The summed E-state index contributed by atoms with van der Waals surface area (Å²) in [5.41, 5.74) is 0. The van der Waals surface area contributed by atoms with Crippen molar-refractivity contribution in [1.82, 2.24) is 10.0 Å². The molecule has 0 amide bonds. The van der Waals surface area contributed by atoms with E-state index in [0.29, 0.717) is 25.0 Å². The molecule has 5 nitrogen and oxygen atoms in total. The molecule has 1 saturated heterocycles. The van der Waals surface area contributed by atoms with Crippen molar-refractivity contribution in [2.45, 2.75) is 57.9 Å². The minimum atomic E-state index is -3.24. The molecule has 1 fully saturated rings. The molecule has 19 heavy (non-hydrogen) atoms. The fourth-order valence-corrected chi connectivity index (χ4v) is 3.30. The Morgan fingerprint density at radius 2 is 2.00 bits per heavy atom. The van der Waals surface area contributed by atoms with Crippen molar-refractivity contribution in [2.75, 3.05) is 19.7 Å². The molecule has 114 valence electrons. The van der Waals surface area contributed by atoms with E-state index in [-0.39, 0.29) is 6.10 Å². The van der Waals surface area contributed by atoms with Gasteiger partial charge in [-0.25, -0.2) is 13.1 Å². The summed E-state index contributed by atoms with van der Waals surface area (Å²) in [4.78, 5) is 0. The van der Waals surface area contributed by atoms with Crippen LogP contribution in [0.5, 0.6) is 0 Å². The van der Waals surface area contributed by atoms with Crippen molar-refractivity contribution in [3.8, 4) is 0 Å². The van der Waals surface area contributed by atoms with E-state index in [1.54, 1.807) is 6.92 Å². The highest BCUT2D eigenvalue weighted by Crippen LogP contribution is 2.22. The number of hydrogen-bond donors (Lipinski definition) is 2. The molecule has 3 atom stereocenters. The maximum atomic E-state index is 12.1. The van der Waals surface area contributed by atoms with Gasteiger partial charge in [-0.2, -0.15) is 0 Å². The van der Waals surface area contributed by atoms with Gasteiger partial charge < -0.3 is 10.1 Å². The summed E-state index contributed by atoms with van der Waals surface area (Å²) < 4.78 is 32.5. The molecule has 1 heterocycles. The van der Waals surface area contributed by atoms with Crippen LogP contribution in [-0.2, 0) is 14.8 Å². The van der Waals surface area contributed by atoms with Crippen LogP contribution in [-0.4, -0.2) is 45.5 Å². The van der Waals surface area contributed by atoms with Gasteiger partial charge in [0.2, 0.25) is 10.0 Å². The molecular formula is C13H28N2O3S. The highest BCUT2D eigenvalue weighted by molar-refractivity contribution is 7.90. The molecule has 0 bridgehead atoms. The lowest BCUT2D eigenvalue weighted by Crippen LogP contribution is -2.43. The Bertz CT molecular complexity index is 357. The van der Waals surface area contributed by atoms with Crippen molar-refractivity contribution >= 4 is 10.0 Å². The fraction of sp³-hybridized carbons (Fsp3) is 1.00. The highest BCUT2D eigenvalue weighted by Gasteiger charge is 2.29. The lowest BCUT2D eigenvalue weighted by Gasteiger charge is -2.20. The molecule has 0 radical (unpaired) electrons. The molecule has 0 aromatic carbocycles. The van der Waals surface area contributed by atoms with Crippen molar-refractivity contribution in [3.05, 3.63) is 0 Å². The third-order valence-electron chi connectivity index (χ3n) is 3.64. The van der Waals surface area contributed by atoms with Gasteiger partial charge in [0.05, 0.1) is 11.4 Å². The number of ether oxygens (including phenoxy) is 1. The third-order valence-corrected chi connectivity index (χ3v) is 5.43. The molecule has 0 spiro atoms. The minimum absolute atomic E-state index is 0.201. The van der Waals surface area contributed by atoms with E-state index in [4.69, 9.17) is 4.74 Å². The van der Waals surface area contributed by atoms with Gasteiger partial charge in [0.25, 0.3) is 0 Å². The lowest BCUT2D eigenvalue weighted by atomic mass is 10.0. The molecule has 1 aliphatic rings. The smallest absolute Gasteiger partial charge is 0.215 e. The van der Waals surface area contributed by atoms with Gasteiger partial charge >= 0.3 is 0 Å². The van der Waals surface area contributed by atoms with Crippen LogP contribution >= 0.6 is 0 Å². The van der Waals surface area contributed by atoms with Crippen LogP contribution < -0.4 is 10.0 Å². The molecule has 3 unspecified atom stereocenters. The van der Waals surface area contributed by atoms with Crippen LogP contribution in [0.2, 0.25) is 0 Å². The summed E-state index contributed by atoms with van der Waals surface area (Å²) in [6.07, 6.45) is 2.09. The molecule has 1 aliphatic heterocycles. The predicted molar refractivity (Wildman–Crippen MR) is 77.7 cm³/mol. The maximum absolute atomic E-state index is 12.1. The highest BCUT2D eigenvalue weighted by atomic mass is 32.2. The quantitative estimate of drug-likeness (QED) is 0.703. The van der Waals surface area contributed by atoms with Gasteiger partial charge in [-0.05, 0) is 19.8 Å². The first-order chi connectivity index (χ1) is 8.86. The molecule has 6 heteroatoms. The van der Waals surface area contributed by atoms with Crippen LogP contribution in [0.3, 0.4) is 0 Å². The first-order valence-corrected chi connectivity index (χ1v) is 8.75. The van der Waals surface area contributed by atoms with Crippen molar-refractivity contribution in [3.63, 3.8) is 0 Å². The normalized spacial score (nSPS) is 25.9. The summed E-state index contributed by atoms with van der Waals surface area (Å²) in [5, 5.41) is 2.74. The second-order valence-corrected chi connectivity index (χ2v) is 7.82. The summed E-state index contributed by atoms with van der Waals surface area (Å²) in [6, 6.07) is 0.297. The zero-order chi connectivity index (χ0) is 14.5. The summed E-state index contributed by atoms with van der Waals surface area (Å²) in [7, 11) is -3.24. The lowest BCUT2D eigenvalue weighted by molar-refractivity contribution is 0.0884. The Balaban J connectivity index is 2.41. The van der Waals surface area contributed by atoms with Crippen LogP contribution in [0.15, 0.2) is 0 Å². The van der Waals surface area contributed by atoms with Crippen LogP contribution in [0.25, 0.3) is 0 Å². The standard InChI is InChI=1S/C13H28N2O3S/c1-5-13-12(6-7-18-13)9-15-19(16,17)11(4)8-14-10(2)3/h10-15H,5-9H2,1-4H3. The van der Waals surface area contributed by atoms with E-state index in [2.05, 4.69) is 17.0 Å². The van der Waals surface area contributed by atoms with E-state index >= 15 is 0 Å². The maximum Gasteiger partial charge on any atom is 0.215 e. The molecule has 0 saturated carbocycles. The number of nitrogens with one attached hydrogen (secondary N) is 2. The van der Waals surface area contributed by atoms with Crippen LogP contribution in [0, 0.1) is 5.92 Å². The molecule has 0 aromatic rings. The van der Waals surface area contributed by atoms with E-state index in [0.717, 1.165) is 19.4 Å². The third kappa shape index (κ3) is 5.38. The predicted octanol–water partition coefficient (Wildman–Crippen LogP) is 1.11. The van der Waals surface area contributed by atoms with Crippen molar-refractivity contribution < 1.29 is 13.2 Å². The zero-order valence-electron chi connectivity index (χ0n) is 12.5. The molecular weight excluding hydrogens is 264 g/mol. The Hall–Kier alpha value is -0.170. The summed E-state index contributed by atoms with van der Waals surface area (Å²) in [5.74, 6) is 0.310. The van der Waals surface area contributed by atoms with E-state index < -0.39 is 15.3 Å². The van der Waals surface area contributed by atoms with E-state index in [1.165, 1.54) is 0 Å². The van der Waals surface area contributed by atoms with Gasteiger partial charge in [0, 0.05) is 31.7 Å². The van der Waals surface area contributed by atoms with Gasteiger partial charge in [-0.1, -0.05) is 20.8 Å². The molecule has 1 rings (SSSR count). The van der Waals surface area contributed by atoms with Crippen LogP contribution in [0.1, 0.15) is 40.5 Å². The zero-order valence-corrected chi connectivity index (χ0v) is 13.3. The molecule has 0 aromatic heterocycles. The second kappa shape index (κ2) is 7.57. The van der Waals surface area contributed by atoms with Crippen molar-refractivity contribution in [2.24, 2.45) is 5.92 Å². The summed E-state index contributed by atoms with van der Waals surface area (Å²) in [6.45, 7) is 9.55. The number of hydrogen-bond acceptors (Lipinski definition) is 4. The Kier molecular flexibility index (Phi) is 6.73. The Morgan fingerprint density at radius 1 is 1.32 bits per heavy atom. The average molecular weight is 292 g/mol. The largest absolute Gasteiger partial charge is 0.378 e. The first kappa shape index (κ1) is 16.9. The first-order valence-electron chi connectivity index (χ1n) is 7.20. The Morgan fingerprint density at radius 3 is 2.58 bits per heavy atom. The van der Waals surface area contributed by atoms with E-state index in [9.17, 15) is 8.42 Å². The minimum Gasteiger partial charge on any atom is -0.378 e. The summed E-state index contributed by atoms with van der Waals surface area (Å²) >= 11 is 0. The van der Waals surface area contributed by atoms with Gasteiger partial charge in [0.1, 0.15) is 0 Å². The average Bonchev–Trinajstić information content (AvgIpc) is 2.80. The number of sulfonamides is 1. The van der Waals surface area contributed by atoms with Gasteiger partial charge in [-0.3, -0.25) is 0 Å². The monoisotopic (exact) mass is 292 g/mol. The fourth-order valence-electron chi connectivity index (χ4n) is 2.25. The number of rotatable bonds is 8. The second-order valence-electron chi connectivity index (χ2n) is 5.63. The van der Waals surface area contributed by atoms with E-state index in [1.807, 2.05) is 13.8 Å². The molecule has 2 N–H and O–H groups in total. The topological polar surface area (TPSA) is 67.4 Å².